The van der Waals surface area contributed by atoms with E-state index < -0.39 is 0 Å². The molecule has 0 aromatic carbocycles. The van der Waals surface area contributed by atoms with Crippen molar-refractivity contribution in [1.82, 2.24) is 14.9 Å². The number of fused-ring (bicyclic) bond motifs is 1. The standard InChI is InChI=1S/C20H21N5O/c1-25-18(26)9-16(19(25)14-5-3-7-22-11-14)12-23-20-15(10-21)8-13-4-2-6-17(13)24-20/h3,5,7-8,11,16,19H,2,4,6,9,12H2,1H3,(H,23,24)/t16-,19-/m1/s1. The minimum atomic E-state index is -0.0105. The maximum atomic E-state index is 12.3. The molecule has 2 aliphatic rings. The van der Waals surface area contributed by atoms with Gasteiger partial charge in [-0.1, -0.05) is 6.07 Å². The molecule has 26 heavy (non-hydrogen) atoms. The van der Waals surface area contributed by atoms with E-state index in [1.165, 1.54) is 5.56 Å². The van der Waals surface area contributed by atoms with Crippen molar-refractivity contribution in [3.8, 4) is 6.07 Å². The van der Waals surface area contributed by atoms with Gasteiger partial charge in [-0.25, -0.2) is 4.98 Å². The summed E-state index contributed by atoms with van der Waals surface area (Å²) in [5.41, 5.74) is 3.90. The maximum Gasteiger partial charge on any atom is 0.223 e. The van der Waals surface area contributed by atoms with E-state index in [2.05, 4.69) is 21.4 Å². The normalized spacial score (nSPS) is 21.5. The Morgan fingerprint density at radius 2 is 2.31 bits per heavy atom. The summed E-state index contributed by atoms with van der Waals surface area (Å²) in [6.07, 6.45) is 7.11. The molecular weight excluding hydrogens is 326 g/mol. The minimum absolute atomic E-state index is 0.0105. The van der Waals surface area contributed by atoms with Crippen molar-refractivity contribution in [3.05, 3.63) is 53.0 Å². The largest absolute Gasteiger partial charge is 0.369 e. The van der Waals surface area contributed by atoms with Crippen LogP contribution in [0.3, 0.4) is 0 Å². The molecule has 0 bridgehead atoms. The van der Waals surface area contributed by atoms with Gasteiger partial charge in [0, 0.05) is 44.0 Å². The van der Waals surface area contributed by atoms with Crippen molar-refractivity contribution in [2.24, 2.45) is 5.92 Å². The third-order valence-electron chi connectivity index (χ3n) is 5.42. The van der Waals surface area contributed by atoms with Gasteiger partial charge < -0.3 is 10.2 Å². The molecule has 1 amide bonds. The van der Waals surface area contributed by atoms with E-state index in [4.69, 9.17) is 0 Å². The molecule has 132 valence electrons. The molecule has 1 fully saturated rings. The third kappa shape index (κ3) is 2.90. The second kappa shape index (κ2) is 6.75. The number of rotatable bonds is 4. The predicted octanol–water partition coefficient (Wildman–Crippen LogP) is 2.47. The molecule has 0 spiro atoms. The zero-order chi connectivity index (χ0) is 18.1. The Morgan fingerprint density at radius 1 is 1.42 bits per heavy atom. The Bertz CT molecular complexity index is 874. The fraction of sp³-hybridized carbons (Fsp3) is 0.400. The second-order valence-corrected chi connectivity index (χ2v) is 7.04. The van der Waals surface area contributed by atoms with Crippen LogP contribution in [0, 0.1) is 17.2 Å². The number of pyridine rings is 2. The average molecular weight is 347 g/mol. The molecule has 1 aliphatic carbocycles. The van der Waals surface area contributed by atoms with E-state index in [1.54, 1.807) is 11.1 Å². The van der Waals surface area contributed by atoms with Crippen molar-refractivity contribution in [2.75, 3.05) is 18.9 Å². The van der Waals surface area contributed by atoms with Crippen LogP contribution in [-0.4, -0.2) is 34.4 Å². The summed E-state index contributed by atoms with van der Waals surface area (Å²) in [7, 11) is 1.84. The first kappa shape index (κ1) is 16.5. The quantitative estimate of drug-likeness (QED) is 0.919. The number of hydrogen-bond donors (Lipinski definition) is 1. The molecule has 0 radical (unpaired) electrons. The number of carbonyl (C=O) groups is 1. The number of aromatic nitrogens is 2. The van der Waals surface area contributed by atoms with Crippen molar-refractivity contribution in [1.29, 1.82) is 5.26 Å². The molecule has 4 rings (SSSR count). The summed E-state index contributed by atoms with van der Waals surface area (Å²) in [5, 5.41) is 12.8. The van der Waals surface area contributed by atoms with Crippen LogP contribution in [-0.2, 0) is 17.6 Å². The SMILES string of the molecule is CN1C(=O)C[C@H](CNc2nc3c(cc2C#N)CCC3)[C@H]1c1cccnc1. The van der Waals surface area contributed by atoms with E-state index in [0.29, 0.717) is 24.3 Å². The predicted molar refractivity (Wildman–Crippen MR) is 97.3 cm³/mol. The molecule has 2 aromatic rings. The third-order valence-corrected chi connectivity index (χ3v) is 5.42. The average Bonchev–Trinajstić information content (AvgIpc) is 3.23. The van der Waals surface area contributed by atoms with Gasteiger partial charge >= 0.3 is 0 Å². The highest BCUT2D eigenvalue weighted by atomic mass is 16.2. The van der Waals surface area contributed by atoms with Crippen LogP contribution in [0.5, 0.6) is 0 Å². The number of hydrogen-bond acceptors (Lipinski definition) is 5. The van der Waals surface area contributed by atoms with Gasteiger partial charge in [0.25, 0.3) is 0 Å². The van der Waals surface area contributed by atoms with Gasteiger partial charge in [0.1, 0.15) is 11.9 Å². The van der Waals surface area contributed by atoms with Crippen molar-refractivity contribution in [2.45, 2.75) is 31.7 Å². The number of anilines is 1. The van der Waals surface area contributed by atoms with Crippen LogP contribution < -0.4 is 5.32 Å². The topological polar surface area (TPSA) is 81.9 Å². The summed E-state index contributed by atoms with van der Waals surface area (Å²) in [5.74, 6) is 0.881. The number of aryl methyl sites for hydroxylation is 2. The number of nitrogens with one attached hydrogen (secondary N) is 1. The van der Waals surface area contributed by atoms with Crippen molar-refractivity contribution >= 4 is 11.7 Å². The molecule has 0 saturated carbocycles. The molecule has 1 aliphatic heterocycles. The van der Waals surface area contributed by atoms with Crippen LogP contribution in [0.25, 0.3) is 0 Å². The lowest BCUT2D eigenvalue weighted by molar-refractivity contribution is -0.127. The summed E-state index contributed by atoms with van der Waals surface area (Å²) in [4.78, 5) is 22.9. The number of nitriles is 1. The molecule has 1 saturated heterocycles. The molecule has 2 atom stereocenters. The lowest BCUT2D eigenvalue weighted by Gasteiger charge is -2.25. The second-order valence-electron chi connectivity index (χ2n) is 7.04. The van der Waals surface area contributed by atoms with E-state index in [0.717, 1.165) is 30.5 Å². The zero-order valence-electron chi connectivity index (χ0n) is 14.8. The molecule has 1 N–H and O–H groups in total. The highest BCUT2D eigenvalue weighted by Gasteiger charge is 2.38. The maximum absolute atomic E-state index is 12.3. The van der Waals surface area contributed by atoms with Gasteiger partial charge in [-0.05, 0) is 42.5 Å². The number of nitrogens with zero attached hydrogens (tertiary/aromatic N) is 4. The van der Waals surface area contributed by atoms with Crippen LogP contribution >= 0.6 is 0 Å². The fourth-order valence-corrected chi connectivity index (χ4v) is 4.10. The Labute approximate surface area is 152 Å². The summed E-state index contributed by atoms with van der Waals surface area (Å²) in [6, 6.07) is 8.10. The van der Waals surface area contributed by atoms with Crippen molar-refractivity contribution < 1.29 is 4.79 Å². The Balaban J connectivity index is 1.56. The Hall–Kier alpha value is -2.94. The summed E-state index contributed by atoms with van der Waals surface area (Å²) < 4.78 is 0. The van der Waals surface area contributed by atoms with Gasteiger partial charge in [0.2, 0.25) is 5.91 Å². The first-order valence-corrected chi connectivity index (χ1v) is 8.99. The van der Waals surface area contributed by atoms with Gasteiger partial charge in [-0.3, -0.25) is 9.78 Å². The summed E-state index contributed by atoms with van der Waals surface area (Å²) >= 11 is 0. The smallest absolute Gasteiger partial charge is 0.223 e. The molecule has 2 aromatic heterocycles. The van der Waals surface area contributed by atoms with Gasteiger partial charge in [0.15, 0.2) is 0 Å². The van der Waals surface area contributed by atoms with E-state index in [-0.39, 0.29) is 17.9 Å². The van der Waals surface area contributed by atoms with Crippen LogP contribution in [0.1, 0.15) is 41.3 Å². The van der Waals surface area contributed by atoms with Gasteiger partial charge in [-0.2, -0.15) is 5.26 Å². The molecular formula is C20H21N5O. The monoisotopic (exact) mass is 347 g/mol. The lowest BCUT2D eigenvalue weighted by atomic mass is 9.94. The van der Waals surface area contributed by atoms with Crippen LogP contribution in [0.4, 0.5) is 5.82 Å². The minimum Gasteiger partial charge on any atom is -0.369 e. The highest BCUT2D eigenvalue weighted by molar-refractivity contribution is 5.79. The van der Waals surface area contributed by atoms with E-state index in [1.807, 2.05) is 31.4 Å². The first-order chi connectivity index (χ1) is 12.7. The van der Waals surface area contributed by atoms with Gasteiger partial charge in [0.05, 0.1) is 11.6 Å². The fourth-order valence-electron chi connectivity index (χ4n) is 4.10. The number of likely N-dealkylation sites (tertiary alicyclic amines) is 1. The molecule has 6 heteroatoms. The molecule has 6 nitrogen and oxygen atoms in total. The first-order valence-electron chi connectivity index (χ1n) is 8.99. The van der Waals surface area contributed by atoms with Crippen molar-refractivity contribution in [3.63, 3.8) is 0 Å². The number of amides is 1. The zero-order valence-corrected chi connectivity index (χ0v) is 14.8. The highest BCUT2D eigenvalue weighted by Crippen LogP contribution is 2.37. The lowest BCUT2D eigenvalue weighted by Crippen LogP contribution is -2.27. The Kier molecular flexibility index (Phi) is 4.29. The number of carbonyl (C=O) groups excluding carboxylic acids is 1. The molecule has 3 heterocycles. The van der Waals surface area contributed by atoms with Crippen LogP contribution in [0.2, 0.25) is 0 Å². The summed E-state index contributed by atoms with van der Waals surface area (Å²) in [6.45, 7) is 0.593. The van der Waals surface area contributed by atoms with Gasteiger partial charge in [-0.15, -0.1) is 0 Å². The molecule has 0 unspecified atom stereocenters. The van der Waals surface area contributed by atoms with E-state index in [9.17, 15) is 10.1 Å². The Morgan fingerprint density at radius 3 is 3.08 bits per heavy atom. The van der Waals surface area contributed by atoms with Crippen LogP contribution in [0.15, 0.2) is 30.6 Å². The van der Waals surface area contributed by atoms with E-state index >= 15 is 0 Å².